The number of anilines is 1. The summed E-state index contributed by atoms with van der Waals surface area (Å²) >= 11 is 0. The van der Waals surface area contributed by atoms with Gasteiger partial charge in [-0.2, -0.15) is 5.26 Å². The largest absolute Gasteiger partial charge is 0.325 e. The van der Waals surface area contributed by atoms with Crippen LogP contribution in [0, 0.1) is 29.6 Å². The number of hydrogen-bond acceptors (Lipinski definition) is 2. The zero-order valence-corrected chi connectivity index (χ0v) is 10.4. The molecule has 3 heteroatoms. The Kier molecular flexibility index (Phi) is 2.66. The van der Waals surface area contributed by atoms with Crippen molar-refractivity contribution in [2.75, 3.05) is 5.32 Å². The zero-order valence-electron chi connectivity index (χ0n) is 10.4. The average Bonchev–Trinajstić information content (AvgIpc) is 2.88. The van der Waals surface area contributed by atoms with Crippen molar-refractivity contribution in [1.29, 1.82) is 5.26 Å². The van der Waals surface area contributed by atoms with Crippen LogP contribution in [-0.4, -0.2) is 5.91 Å². The van der Waals surface area contributed by atoms with Crippen LogP contribution >= 0.6 is 0 Å². The summed E-state index contributed by atoms with van der Waals surface area (Å²) in [6.45, 7) is 6.03. The number of benzene rings is 1. The highest BCUT2D eigenvalue weighted by molar-refractivity contribution is 5.96. The van der Waals surface area contributed by atoms with Gasteiger partial charge in [0.1, 0.15) is 6.07 Å². The van der Waals surface area contributed by atoms with Crippen molar-refractivity contribution in [1.82, 2.24) is 0 Å². The minimum atomic E-state index is 0.0251. The molecule has 2 rings (SSSR count). The predicted molar refractivity (Wildman–Crippen MR) is 66.4 cm³/mol. The Balaban J connectivity index is 2.18. The van der Waals surface area contributed by atoms with E-state index >= 15 is 0 Å². The van der Waals surface area contributed by atoms with Crippen molar-refractivity contribution in [2.24, 2.45) is 11.3 Å². The van der Waals surface area contributed by atoms with E-state index in [-0.39, 0.29) is 17.2 Å². The van der Waals surface area contributed by atoms with Crippen molar-refractivity contribution < 1.29 is 4.79 Å². The van der Waals surface area contributed by atoms with Crippen molar-refractivity contribution in [3.8, 4) is 6.07 Å². The van der Waals surface area contributed by atoms with Gasteiger partial charge in [-0.15, -0.1) is 0 Å². The molecule has 0 bridgehead atoms. The Morgan fingerprint density at radius 1 is 1.53 bits per heavy atom. The van der Waals surface area contributed by atoms with Gasteiger partial charge in [0.25, 0.3) is 0 Å². The molecule has 0 heterocycles. The maximum atomic E-state index is 11.9. The molecule has 0 radical (unpaired) electrons. The number of aryl methyl sites for hydroxylation is 1. The second-order valence-electron chi connectivity index (χ2n) is 5.34. The van der Waals surface area contributed by atoms with Crippen LogP contribution in [0.2, 0.25) is 0 Å². The number of carbonyl (C=O) groups is 1. The van der Waals surface area contributed by atoms with E-state index in [1.807, 2.05) is 19.1 Å². The third kappa shape index (κ3) is 2.16. The first kappa shape index (κ1) is 11.7. The standard InChI is InChI=1S/C14H16N2O/c1-9-5-4-6-12(10(9)8-15)16-13(17)11-7-14(11,2)3/h4-6,11H,7H2,1-3H3,(H,16,17). The van der Waals surface area contributed by atoms with Gasteiger partial charge < -0.3 is 5.32 Å². The second kappa shape index (κ2) is 3.89. The van der Waals surface area contributed by atoms with Gasteiger partial charge in [0, 0.05) is 5.92 Å². The number of nitrogens with zero attached hydrogens (tertiary/aromatic N) is 1. The Morgan fingerprint density at radius 3 is 2.71 bits per heavy atom. The van der Waals surface area contributed by atoms with Crippen LogP contribution in [0.1, 0.15) is 31.4 Å². The predicted octanol–water partition coefficient (Wildman–Crippen LogP) is 2.85. The molecule has 1 aliphatic carbocycles. The highest BCUT2D eigenvalue weighted by atomic mass is 16.2. The van der Waals surface area contributed by atoms with Gasteiger partial charge in [-0.25, -0.2) is 0 Å². The van der Waals surface area contributed by atoms with Crippen LogP contribution in [0.4, 0.5) is 5.69 Å². The molecule has 1 unspecified atom stereocenters. The van der Waals surface area contributed by atoms with E-state index in [1.165, 1.54) is 0 Å². The molecule has 17 heavy (non-hydrogen) atoms. The Morgan fingerprint density at radius 2 is 2.18 bits per heavy atom. The second-order valence-corrected chi connectivity index (χ2v) is 5.34. The summed E-state index contributed by atoms with van der Waals surface area (Å²) in [5, 5.41) is 11.9. The van der Waals surface area contributed by atoms with Gasteiger partial charge in [-0.3, -0.25) is 4.79 Å². The lowest BCUT2D eigenvalue weighted by atomic mass is 10.1. The number of nitrogens with one attached hydrogen (secondary N) is 1. The van der Waals surface area contributed by atoms with Crippen LogP contribution in [0.25, 0.3) is 0 Å². The van der Waals surface area contributed by atoms with Gasteiger partial charge in [0.15, 0.2) is 0 Å². The first-order valence-electron chi connectivity index (χ1n) is 5.76. The van der Waals surface area contributed by atoms with E-state index in [0.717, 1.165) is 12.0 Å². The molecule has 0 aliphatic heterocycles. The van der Waals surface area contributed by atoms with E-state index < -0.39 is 0 Å². The fraction of sp³-hybridized carbons (Fsp3) is 0.429. The summed E-state index contributed by atoms with van der Waals surface area (Å²) in [5.74, 6) is 0.103. The summed E-state index contributed by atoms with van der Waals surface area (Å²) < 4.78 is 0. The highest BCUT2D eigenvalue weighted by Crippen LogP contribution is 2.52. The van der Waals surface area contributed by atoms with Crippen molar-refractivity contribution in [2.45, 2.75) is 27.2 Å². The molecule has 1 fully saturated rings. The van der Waals surface area contributed by atoms with Gasteiger partial charge in [-0.1, -0.05) is 26.0 Å². The first-order chi connectivity index (χ1) is 7.95. The summed E-state index contributed by atoms with van der Waals surface area (Å²) in [5.41, 5.74) is 2.18. The monoisotopic (exact) mass is 228 g/mol. The fourth-order valence-corrected chi connectivity index (χ4v) is 2.05. The molecule has 0 spiro atoms. The van der Waals surface area contributed by atoms with Crippen molar-refractivity contribution in [3.63, 3.8) is 0 Å². The number of carbonyl (C=O) groups excluding carboxylic acids is 1. The van der Waals surface area contributed by atoms with Gasteiger partial charge in [0.05, 0.1) is 11.3 Å². The third-order valence-corrected chi connectivity index (χ3v) is 3.47. The van der Waals surface area contributed by atoms with Gasteiger partial charge in [-0.05, 0) is 30.4 Å². The van der Waals surface area contributed by atoms with Crippen molar-refractivity contribution >= 4 is 11.6 Å². The zero-order chi connectivity index (χ0) is 12.6. The SMILES string of the molecule is Cc1cccc(NC(=O)C2CC2(C)C)c1C#N. The van der Waals surface area contributed by atoms with E-state index in [9.17, 15) is 4.79 Å². The first-order valence-corrected chi connectivity index (χ1v) is 5.76. The molecule has 3 nitrogen and oxygen atoms in total. The summed E-state index contributed by atoms with van der Waals surface area (Å²) in [4.78, 5) is 11.9. The van der Waals surface area contributed by atoms with Crippen LogP contribution in [0.5, 0.6) is 0 Å². The summed E-state index contributed by atoms with van der Waals surface area (Å²) in [6.07, 6.45) is 0.923. The molecule has 1 saturated carbocycles. The van der Waals surface area contributed by atoms with Crippen LogP contribution in [0.3, 0.4) is 0 Å². The molecule has 1 aromatic carbocycles. The lowest BCUT2D eigenvalue weighted by Crippen LogP contribution is -2.17. The molecule has 1 aromatic rings. The minimum absolute atomic E-state index is 0.0251. The topological polar surface area (TPSA) is 52.9 Å². The minimum Gasteiger partial charge on any atom is -0.325 e. The molecule has 1 atom stereocenters. The number of rotatable bonds is 2. The Labute approximate surface area is 101 Å². The molecular formula is C14H16N2O. The van der Waals surface area contributed by atoms with E-state index in [4.69, 9.17) is 5.26 Å². The number of nitriles is 1. The molecule has 1 N–H and O–H groups in total. The van der Waals surface area contributed by atoms with E-state index in [0.29, 0.717) is 11.3 Å². The number of hydrogen-bond donors (Lipinski definition) is 1. The fourth-order valence-electron chi connectivity index (χ4n) is 2.05. The van der Waals surface area contributed by atoms with Crippen LogP contribution in [-0.2, 0) is 4.79 Å². The lowest BCUT2D eigenvalue weighted by Gasteiger charge is -2.09. The molecule has 88 valence electrons. The molecule has 0 aromatic heterocycles. The number of amides is 1. The molecule has 0 saturated heterocycles. The third-order valence-electron chi connectivity index (χ3n) is 3.47. The van der Waals surface area contributed by atoms with Crippen LogP contribution in [0.15, 0.2) is 18.2 Å². The van der Waals surface area contributed by atoms with Crippen LogP contribution < -0.4 is 5.32 Å². The maximum Gasteiger partial charge on any atom is 0.228 e. The molecule has 1 amide bonds. The summed E-state index contributed by atoms with van der Waals surface area (Å²) in [7, 11) is 0. The normalized spacial score (nSPS) is 20.5. The van der Waals surface area contributed by atoms with Gasteiger partial charge >= 0.3 is 0 Å². The molecular weight excluding hydrogens is 212 g/mol. The van der Waals surface area contributed by atoms with Gasteiger partial charge in [0.2, 0.25) is 5.91 Å². The van der Waals surface area contributed by atoms with E-state index in [2.05, 4.69) is 25.2 Å². The average molecular weight is 228 g/mol. The summed E-state index contributed by atoms with van der Waals surface area (Å²) in [6, 6.07) is 7.63. The van der Waals surface area contributed by atoms with E-state index in [1.54, 1.807) is 6.07 Å². The Bertz CT molecular complexity index is 511. The smallest absolute Gasteiger partial charge is 0.228 e. The lowest BCUT2D eigenvalue weighted by molar-refractivity contribution is -0.118. The molecule has 1 aliphatic rings. The Hall–Kier alpha value is -1.82. The highest BCUT2D eigenvalue weighted by Gasteiger charge is 2.50. The van der Waals surface area contributed by atoms with Crippen molar-refractivity contribution in [3.05, 3.63) is 29.3 Å². The quantitative estimate of drug-likeness (QED) is 0.846. The maximum absolute atomic E-state index is 11.9.